The van der Waals surface area contributed by atoms with Gasteiger partial charge in [-0.2, -0.15) is 5.26 Å². The van der Waals surface area contributed by atoms with E-state index < -0.39 is 0 Å². The molecule has 0 spiro atoms. The fourth-order valence-corrected chi connectivity index (χ4v) is 2.30. The maximum absolute atomic E-state index is 8.78. The molecule has 1 rings (SSSR count). The van der Waals surface area contributed by atoms with E-state index in [-0.39, 0.29) is 5.25 Å². The molecule has 3 heteroatoms. The van der Waals surface area contributed by atoms with Crippen LogP contribution in [0.5, 0.6) is 0 Å². The number of nitriles is 1. The first-order valence-electron chi connectivity index (χ1n) is 5.97. The van der Waals surface area contributed by atoms with Gasteiger partial charge in [-0.05, 0) is 37.1 Å². The largest absolute Gasteiger partial charge is 0.312 e. The van der Waals surface area contributed by atoms with E-state index in [1.165, 1.54) is 10.5 Å². The van der Waals surface area contributed by atoms with Gasteiger partial charge in [0.05, 0.1) is 11.3 Å². The van der Waals surface area contributed by atoms with Gasteiger partial charge in [0, 0.05) is 11.4 Å². The van der Waals surface area contributed by atoms with Crippen molar-refractivity contribution in [3.63, 3.8) is 0 Å². The van der Waals surface area contributed by atoms with Crippen LogP contribution in [0.15, 0.2) is 29.2 Å². The van der Waals surface area contributed by atoms with Crippen molar-refractivity contribution in [3.05, 3.63) is 29.8 Å². The van der Waals surface area contributed by atoms with Gasteiger partial charge in [-0.1, -0.05) is 26.0 Å². The average Bonchev–Trinajstić information content (AvgIpc) is 2.29. The monoisotopic (exact) mass is 248 g/mol. The Labute approximate surface area is 108 Å². The van der Waals surface area contributed by atoms with Gasteiger partial charge in [-0.3, -0.25) is 0 Å². The van der Waals surface area contributed by atoms with Crippen molar-refractivity contribution in [1.29, 1.82) is 5.26 Å². The normalized spacial score (nSPS) is 12.4. The lowest BCUT2D eigenvalue weighted by Gasteiger charge is -2.09. The molecule has 0 saturated heterocycles. The Morgan fingerprint density at radius 2 is 2.12 bits per heavy atom. The molecule has 0 saturated carbocycles. The second-order valence-corrected chi connectivity index (χ2v) is 5.98. The molecule has 92 valence electrons. The zero-order valence-corrected chi connectivity index (χ0v) is 11.6. The first kappa shape index (κ1) is 14.1. The summed E-state index contributed by atoms with van der Waals surface area (Å²) in [6.07, 6.45) is 0. The average molecular weight is 248 g/mol. The molecule has 0 fully saturated rings. The van der Waals surface area contributed by atoms with Gasteiger partial charge in [-0.25, -0.2) is 0 Å². The minimum absolute atomic E-state index is 0.00822. The molecule has 0 aliphatic rings. The molecular weight excluding hydrogens is 228 g/mol. The zero-order valence-electron chi connectivity index (χ0n) is 10.7. The number of nitrogens with zero attached hydrogens (tertiary/aromatic N) is 1. The van der Waals surface area contributed by atoms with Crippen LogP contribution < -0.4 is 5.32 Å². The van der Waals surface area contributed by atoms with Crippen molar-refractivity contribution in [2.75, 3.05) is 6.54 Å². The molecule has 2 nitrogen and oxygen atoms in total. The minimum atomic E-state index is 0.00822. The molecule has 0 amide bonds. The minimum Gasteiger partial charge on any atom is -0.312 e. The third-order valence-corrected chi connectivity index (χ3v) is 3.26. The first-order valence-corrected chi connectivity index (χ1v) is 6.85. The Kier molecular flexibility index (Phi) is 6.10. The van der Waals surface area contributed by atoms with E-state index in [0.717, 1.165) is 13.1 Å². The third kappa shape index (κ3) is 5.76. The molecule has 1 atom stereocenters. The molecule has 0 radical (unpaired) electrons. The predicted octanol–water partition coefficient (Wildman–Crippen LogP) is 3.44. The molecule has 0 aromatic heterocycles. The molecule has 1 aromatic rings. The van der Waals surface area contributed by atoms with Crippen LogP contribution in [0.2, 0.25) is 0 Å². The highest BCUT2D eigenvalue weighted by Crippen LogP contribution is 2.23. The summed E-state index contributed by atoms with van der Waals surface area (Å²) in [4.78, 5) is 1.17. The van der Waals surface area contributed by atoms with Gasteiger partial charge in [0.25, 0.3) is 0 Å². The Balaban J connectivity index is 2.51. The number of benzene rings is 1. The summed E-state index contributed by atoms with van der Waals surface area (Å²) in [6.45, 7) is 8.26. The van der Waals surface area contributed by atoms with Gasteiger partial charge < -0.3 is 5.32 Å². The van der Waals surface area contributed by atoms with E-state index in [0.29, 0.717) is 5.92 Å². The van der Waals surface area contributed by atoms with Gasteiger partial charge in [-0.15, -0.1) is 11.8 Å². The standard InChI is InChI=1S/C14H20N2S/c1-11(2)9-16-10-13-5-4-6-14(7-13)17-12(3)8-15/h4-7,11-12,16H,9-10H2,1-3H3. The van der Waals surface area contributed by atoms with Crippen LogP contribution in [-0.4, -0.2) is 11.8 Å². The first-order chi connectivity index (χ1) is 8.11. The van der Waals surface area contributed by atoms with E-state index in [1.807, 2.05) is 6.92 Å². The number of hydrogen-bond acceptors (Lipinski definition) is 3. The molecule has 0 aliphatic carbocycles. The highest BCUT2D eigenvalue weighted by molar-refractivity contribution is 8.00. The highest BCUT2D eigenvalue weighted by atomic mass is 32.2. The number of rotatable bonds is 6. The van der Waals surface area contributed by atoms with Gasteiger partial charge in [0.15, 0.2) is 0 Å². The summed E-state index contributed by atoms with van der Waals surface area (Å²) < 4.78 is 0. The van der Waals surface area contributed by atoms with Crippen LogP contribution in [0, 0.1) is 17.2 Å². The van der Waals surface area contributed by atoms with Crippen molar-refractivity contribution in [2.45, 2.75) is 37.5 Å². The van der Waals surface area contributed by atoms with Crippen molar-refractivity contribution in [2.24, 2.45) is 5.92 Å². The summed E-state index contributed by atoms with van der Waals surface area (Å²) in [7, 11) is 0. The summed E-state index contributed by atoms with van der Waals surface area (Å²) in [5.41, 5.74) is 1.28. The quantitative estimate of drug-likeness (QED) is 0.783. The molecule has 17 heavy (non-hydrogen) atoms. The molecular formula is C14H20N2S. The summed E-state index contributed by atoms with van der Waals surface area (Å²) in [5, 5.41) is 12.2. The predicted molar refractivity (Wildman–Crippen MR) is 73.9 cm³/mol. The Morgan fingerprint density at radius 1 is 1.35 bits per heavy atom. The molecule has 1 unspecified atom stereocenters. The summed E-state index contributed by atoms with van der Waals surface area (Å²) >= 11 is 1.61. The molecule has 1 N–H and O–H groups in total. The van der Waals surface area contributed by atoms with Crippen molar-refractivity contribution in [1.82, 2.24) is 5.32 Å². The van der Waals surface area contributed by atoms with Crippen LogP contribution in [0.25, 0.3) is 0 Å². The maximum atomic E-state index is 8.78. The lowest BCUT2D eigenvalue weighted by Crippen LogP contribution is -2.18. The van der Waals surface area contributed by atoms with E-state index in [4.69, 9.17) is 5.26 Å². The number of hydrogen-bond donors (Lipinski definition) is 1. The summed E-state index contributed by atoms with van der Waals surface area (Å²) in [6, 6.07) is 10.6. The second-order valence-electron chi connectivity index (χ2n) is 4.56. The van der Waals surface area contributed by atoms with Crippen molar-refractivity contribution in [3.8, 4) is 6.07 Å². The van der Waals surface area contributed by atoms with Gasteiger partial charge in [0.2, 0.25) is 0 Å². The number of nitrogens with one attached hydrogen (secondary N) is 1. The SMILES string of the molecule is CC(C)CNCc1cccc(SC(C)C#N)c1. The van der Waals surface area contributed by atoms with Gasteiger partial charge in [0.1, 0.15) is 0 Å². The summed E-state index contributed by atoms with van der Waals surface area (Å²) in [5.74, 6) is 0.672. The number of thioether (sulfide) groups is 1. The van der Waals surface area contributed by atoms with Crippen LogP contribution in [0.1, 0.15) is 26.3 Å². The topological polar surface area (TPSA) is 35.8 Å². The highest BCUT2D eigenvalue weighted by Gasteiger charge is 2.03. The van der Waals surface area contributed by atoms with E-state index >= 15 is 0 Å². The van der Waals surface area contributed by atoms with Crippen LogP contribution in [0.4, 0.5) is 0 Å². The fraction of sp³-hybridized carbons (Fsp3) is 0.500. The smallest absolute Gasteiger partial charge is 0.0935 e. The van der Waals surface area contributed by atoms with E-state index in [2.05, 4.69) is 49.5 Å². The second kappa shape index (κ2) is 7.37. The van der Waals surface area contributed by atoms with Gasteiger partial charge >= 0.3 is 0 Å². The van der Waals surface area contributed by atoms with Crippen LogP contribution in [-0.2, 0) is 6.54 Å². The van der Waals surface area contributed by atoms with Crippen LogP contribution in [0.3, 0.4) is 0 Å². The van der Waals surface area contributed by atoms with E-state index in [9.17, 15) is 0 Å². The van der Waals surface area contributed by atoms with Crippen LogP contribution >= 0.6 is 11.8 Å². The fourth-order valence-electron chi connectivity index (χ4n) is 1.46. The third-order valence-electron chi connectivity index (χ3n) is 2.27. The van der Waals surface area contributed by atoms with Crippen molar-refractivity contribution < 1.29 is 0 Å². The Bertz CT molecular complexity index is 382. The lowest BCUT2D eigenvalue weighted by atomic mass is 10.2. The Morgan fingerprint density at radius 3 is 2.76 bits per heavy atom. The van der Waals surface area contributed by atoms with E-state index in [1.54, 1.807) is 11.8 Å². The maximum Gasteiger partial charge on any atom is 0.0935 e. The molecule has 1 aromatic carbocycles. The lowest BCUT2D eigenvalue weighted by molar-refractivity contribution is 0.552. The van der Waals surface area contributed by atoms with Crippen molar-refractivity contribution >= 4 is 11.8 Å². The zero-order chi connectivity index (χ0) is 12.7. The molecule has 0 heterocycles. The molecule has 0 bridgehead atoms. The Hall–Kier alpha value is -0.980. The molecule has 0 aliphatic heterocycles.